The van der Waals surface area contributed by atoms with Crippen LogP contribution in [0.5, 0.6) is 0 Å². The van der Waals surface area contributed by atoms with Gasteiger partial charge in [-0.2, -0.15) is 0 Å². The summed E-state index contributed by atoms with van der Waals surface area (Å²) in [4.78, 5) is 0. The van der Waals surface area contributed by atoms with Crippen molar-refractivity contribution in [1.29, 1.82) is 0 Å². The maximum Gasteiger partial charge on any atom is 0.0771 e. The molecule has 0 fully saturated rings. The summed E-state index contributed by atoms with van der Waals surface area (Å²) in [7, 11) is 0. The predicted molar refractivity (Wildman–Crippen MR) is 73.5 cm³/mol. The van der Waals surface area contributed by atoms with Gasteiger partial charge >= 0.3 is 0 Å². The molecule has 97 valence electrons. The van der Waals surface area contributed by atoms with Gasteiger partial charge in [0.1, 0.15) is 0 Å². The van der Waals surface area contributed by atoms with Crippen LogP contribution in [0.3, 0.4) is 0 Å². The molecule has 0 rings (SSSR count). The largest absolute Gasteiger partial charge is 0.394 e. The molecule has 0 spiro atoms. The molecule has 0 heterocycles. The second-order valence-electron chi connectivity index (χ2n) is 4.28. The number of hydrogen-bond donors (Lipinski definition) is 2. The fourth-order valence-corrected chi connectivity index (χ4v) is 1.96. The third-order valence-corrected chi connectivity index (χ3v) is 2.90. The van der Waals surface area contributed by atoms with Gasteiger partial charge < -0.3 is 10.2 Å². The van der Waals surface area contributed by atoms with Gasteiger partial charge in [-0.15, -0.1) is 19.7 Å². The Labute approximate surface area is 105 Å². The number of hydrogen-bond acceptors (Lipinski definition) is 2. The summed E-state index contributed by atoms with van der Waals surface area (Å²) in [5.74, 6) is 1.77. The van der Waals surface area contributed by atoms with Crippen LogP contribution in [0.25, 0.3) is 0 Å². The molecular formula is C15H25O2. The smallest absolute Gasteiger partial charge is 0.0771 e. The first kappa shape index (κ1) is 16.1. The van der Waals surface area contributed by atoms with Crippen molar-refractivity contribution in [2.75, 3.05) is 6.61 Å². The standard InChI is InChI=1S/C15H25O2/c1-4-7-13(8-5-2)14(9-6-3)10-11-15(17)12-16/h4-6,14-17H,1-3,7-12H2. The molecule has 0 aromatic heterocycles. The van der Waals surface area contributed by atoms with Crippen LogP contribution in [0.15, 0.2) is 38.0 Å². The van der Waals surface area contributed by atoms with Crippen molar-refractivity contribution in [3.05, 3.63) is 43.9 Å². The second-order valence-corrected chi connectivity index (χ2v) is 4.28. The molecule has 0 aliphatic carbocycles. The molecule has 0 aliphatic rings. The van der Waals surface area contributed by atoms with Crippen LogP contribution < -0.4 is 0 Å². The first-order valence-corrected chi connectivity index (χ1v) is 6.15. The zero-order valence-electron chi connectivity index (χ0n) is 10.6. The Hall–Kier alpha value is -0.860. The lowest BCUT2D eigenvalue weighted by atomic mass is 9.81. The van der Waals surface area contributed by atoms with Crippen molar-refractivity contribution in [2.45, 2.75) is 38.2 Å². The number of aliphatic hydroxyl groups excluding tert-OH is 2. The van der Waals surface area contributed by atoms with Crippen molar-refractivity contribution in [2.24, 2.45) is 5.92 Å². The lowest BCUT2D eigenvalue weighted by molar-refractivity contribution is 0.0829. The van der Waals surface area contributed by atoms with E-state index in [-0.39, 0.29) is 6.61 Å². The van der Waals surface area contributed by atoms with Crippen molar-refractivity contribution in [3.63, 3.8) is 0 Å². The van der Waals surface area contributed by atoms with Gasteiger partial charge in [-0.1, -0.05) is 18.2 Å². The van der Waals surface area contributed by atoms with E-state index in [1.165, 1.54) is 5.92 Å². The van der Waals surface area contributed by atoms with Crippen LogP contribution in [-0.4, -0.2) is 22.9 Å². The van der Waals surface area contributed by atoms with Gasteiger partial charge in [-0.3, -0.25) is 0 Å². The molecule has 2 unspecified atom stereocenters. The zero-order chi connectivity index (χ0) is 13.1. The van der Waals surface area contributed by atoms with Crippen LogP contribution in [0.1, 0.15) is 32.1 Å². The first-order chi connectivity index (χ1) is 8.19. The van der Waals surface area contributed by atoms with Gasteiger partial charge in [0.15, 0.2) is 0 Å². The molecule has 0 aromatic carbocycles. The molecule has 0 saturated heterocycles. The summed E-state index contributed by atoms with van der Waals surface area (Å²) in [5.41, 5.74) is 0. The molecule has 0 saturated carbocycles. The highest BCUT2D eigenvalue weighted by Gasteiger charge is 2.19. The Balaban J connectivity index is 4.36. The fraction of sp³-hybridized carbons (Fsp3) is 0.533. The van der Waals surface area contributed by atoms with E-state index in [1.807, 2.05) is 18.2 Å². The molecule has 0 bridgehead atoms. The molecule has 2 N–H and O–H groups in total. The maximum atomic E-state index is 9.39. The minimum Gasteiger partial charge on any atom is -0.394 e. The highest BCUT2D eigenvalue weighted by atomic mass is 16.3. The van der Waals surface area contributed by atoms with E-state index in [0.717, 1.165) is 25.7 Å². The molecule has 2 nitrogen and oxygen atoms in total. The van der Waals surface area contributed by atoms with Crippen LogP contribution in [-0.2, 0) is 0 Å². The lowest BCUT2D eigenvalue weighted by Crippen LogP contribution is -2.17. The Kier molecular flexibility index (Phi) is 9.78. The number of allylic oxidation sites excluding steroid dienone is 3. The van der Waals surface area contributed by atoms with Gasteiger partial charge in [-0.05, 0) is 43.9 Å². The minimum absolute atomic E-state index is 0.168. The van der Waals surface area contributed by atoms with Crippen molar-refractivity contribution < 1.29 is 10.2 Å². The van der Waals surface area contributed by atoms with Crippen LogP contribution in [0, 0.1) is 11.8 Å². The first-order valence-electron chi connectivity index (χ1n) is 6.15. The third-order valence-electron chi connectivity index (χ3n) is 2.90. The predicted octanol–water partition coefficient (Wildman–Crippen LogP) is 3.04. The minimum atomic E-state index is -0.615. The summed E-state index contributed by atoms with van der Waals surface area (Å²) in [5, 5.41) is 18.2. The SMILES string of the molecule is C=CC[C](CC=C)C(CC=C)CCC(O)CO. The van der Waals surface area contributed by atoms with Gasteiger partial charge in [0.25, 0.3) is 0 Å². The van der Waals surface area contributed by atoms with E-state index >= 15 is 0 Å². The summed E-state index contributed by atoms with van der Waals surface area (Å²) in [6.45, 7) is 11.1. The highest BCUT2D eigenvalue weighted by Crippen LogP contribution is 2.30. The Morgan fingerprint density at radius 2 is 1.59 bits per heavy atom. The maximum absolute atomic E-state index is 9.39. The van der Waals surface area contributed by atoms with Gasteiger partial charge in [0.05, 0.1) is 12.7 Å². The molecular weight excluding hydrogens is 212 g/mol. The number of aliphatic hydroxyl groups is 2. The van der Waals surface area contributed by atoms with E-state index in [9.17, 15) is 5.11 Å². The summed E-state index contributed by atoms with van der Waals surface area (Å²) in [6, 6.07) is 0. The van der Waals surface area contributed by atoms with E-state index in [2.05, 4.69) is 19.7 Å². The van der Waals surface area contributed by atoms with Gasteiger partial charge in [0, 0.05) is 0 Å². The Bertz CT molecular complexity index is 213. The third kappa shape index (κ3) is 7.14. The topological polar surface area (TPSA) is 40.5 Å². The zero-order valence-corrected chi connectivity index (χ0v) is 10.6. The lowest BCUT2D eigenvalue weighted by Gasteiger charge is -2.24. The van der Waals surface area contributed by atoms with E-state index < -0.39 is 6.10 Å². The fourth-order valence-electron chi connectivity index (χ4n) is 1.96. The summed E-state index contributed by atoms with van der Waals surface area (Å²) < 4.78 is 0. The average molecular weight is 237 g/mol. The average Bonchev–Trinajstić information content (AvgIpc) is 2.33. The summed E-state index contributed by atoms with van der Waals surface area (Å²) in [6.07, 6.45) is 9.22. The Morgan fingerprint density at radius 3 is 2.00 bits per heavy atom. The molecule has 0 aromatic rings. The van der Waals surface area contributed by atoms with E-state index in [1.54, 1.807) is 0 Å². The highest BCUT2D eigenvalue weighted by molar-refractivity contribution is 5.06. The molecule has 0 amide bonds. The monoisotopic (exact) mass is 237 g/mol. The second kappa shape index (κ2) is 10.3. The van der Waals surface area contributed by atoms with Crippen molar-refractivity contribution in [1.82, 2.24) is 0 Å². The van der Waals surface area contributed by atoms with Gasteiger partial charge in [0.2, 0.25) is 0 Å². The van der Waals surface area contributed by atoms with E-state index in [0.29, 0.717) is 12.3 Å². The molecule has 2 heteroatoms. The van der Waals surface area contributed by atoms with Gasteiger partial charge in [-0.25, -0.2) is 0 Å². The molecule has 1 radical (unpaired) electrons. The number of rotatable bonds is 11. The van der Waals surface area contributed by atoms with Crippen LogP contribution in [0.4, 0.5) is 0 Å². The van der Waals surface area contributed by atoms with Crippen LogP contribution in [0.2, 0.25) is 0 Å². The molecule has 17 heavy (non-hydrogen) atoms. The van der Waals surface area contributed by atoms with E-state index in [4.69, 9.17) is 5.11 Å². The normalized spacial score (nSPS) is 14.3. The van der Waals surface area contributed by atoms with Crippen molar-refractivity contribution >= 4 is 0 Å². The van der Waals surface area contributed by atoms with Crippen LogP contribution >= 0.6 is 0 Å². The molecule has 2 atom stereocenters. The van der Waals surface area contributed by atoms with Crippen molar-refractivity contribution in [3.8, 4) is 0 Å². The quantitative estimate of drug-likeness (QED) is 0.542. The Morgan fingerprint density at radius 1 is 1.00 bits per heavy atom. The molecule has 0 aliphatic heterocycles. The summed E-state index contributed by atoms with van der Waals surface area (Å²) >= 11 is 0.